The van der Waals surface area contributed by atoms with Crippen LogP contribution in [0.3, 0.4) is 0 Å². The van der Waals surface area contributed by atoms with Gasteiger partial charge < -0.3 is 5.32 Å². The van der Waals surface area contributed by atoms with Crippen LogP contribution in [0.4, 0.5) is 5.69 Å². The van der Waals surface area contributed by atoms with E-state index in [1.54, 1.807) is 42.5 Å². The van der Waals surface area contributed by atoms with Crippen molar-refractivity contribution in [3.8, 4) is 0 Å². The molecule has 0 aliphatic rings. The van der Waals surface area contributed by atoms with E-state index in [0.717, 1.165) is 36.8 Å². The molecule has 0 bridgehead atoms. The minimum Gasteiger partial charge on any atom is -0.352 e. The Morgan fingerprint density at radius 2 is 1.72 bits per heavy atom. The zero-order valence-corrected chi connectivity index (χ0v) is 18.6. The molecule has 0 spiro atoms. The molecule has 6 heteroatoms. The summed E-state index contributed by atoms with van der Waals surface area (Å²) in [6.45, 7) is 8.65. The van der Waals surface area contributed by atoms with E-state index in [9.17, 15) is 13.2 Å². The summed E-state index contributed by atoms with van der Waals surface area (Å²) in [5.74, 6) is 0.277. The van der Waals surface area contributed by atoms with Gasteiger partial charge in [0.25, 0.3) is 15.9 Å². The Bertz CT molecular complexity index is 922. The summed E-state index contributed by atoms with van der Waals surface area (Å²) in [7, 11) is -3.72. The molecule has 158 valence electrons. The molecule has 1 atom stereocenters. The van der Waals surface area contributed by atoms with E-state index in [4.69, 9.17) is 0 Å². The first-order valence-corrected chi connectivity index (χ1v) is 11.7. The number of aryl methyl sites for hydroxylation is 2. The summed E-state index contributed by atoms with van der Waals surface area (Å²) in [5, 5.41) is 2.99. The highest BCUT2D eigenvalue weighted by Crippen LogP contribution is 2.22. The topological polar surface area (TPSA) is 75.3 Å². The zero-order valence-electron chi connectivity index (χ0n) is 17.8. The standard InChI is InChI=1S/C23H32N2O3S/c1-5-7-8-19(6-2)16-24-23(26)20-12-11-18(4)22(15-20)25-29(27,28)21-13-9-17(3)10-14-21/h9-15,19,25H,5-8,16H2,1-4H3,(H,24,26)/t19-/m1/s1. The average Bonchev–Trinajstić information content (AvgIpc) is 2.69. The highest BCUT2D eigenvalue weighted by atomic mass is 32.2. The van der Waals surface area contributed by atoms with Crippen molar-refractivity contribution in [2.45, 2.75) is 58.3 Å². The number of hydrogen-bond donors (Lipinski definition) is 2. The molecule has 2 aromatic rings. The molecule has 0 heterocycles. The number of hydrogen-bond acceptors (Lipinski definition) is 3. The maximum atomic E-state index is 12.7. The van der Waals surface area contributed by atoms with E-state index in [1.807, 2.05) is 13.8 Å². The third-order valence-corrected chi connectivity index (χ3v) is 6.55. The molecule has 0 saturated heterocycles. The van der Waals surface area contributed by atoms with Crippen molar-refractivity contribution in [1.29, 1.82) is 0 Å². The van der Waals surface area contributed by atoms with Crippen LogP contribution in [-0.4, -0.2) is 20.9 Å². The second-order valence-electron chi connectivity index (χ2n) is 7.57. The summed E-state index contributed by atoms with van der Waals surface area (Å²) >= 11 is 0. The number of nitrogens with one attached hydrogen (secondary N) is 2. The van der Waals surface area contributed by atoms with Gasteiger partial charge in [-0.25, -0.2) is 8.42 Å². The van der Waals surface area contributed by atoms with Gasteiger partial charge in [-0.1, -0.05) is 56.9 Å². The summed E-state index contributed by atoms with van der Waals surface area (Å²) in [6, 6.07) is 11.7. The van der Waals surface area contributed by atoms with Gasteiger partial charge in [0.2, 0.25) is 0 Å². The monoisotopic (exact) mass is 416 g/mol. The molecule has 0 unspecified atom stereocenters. The molecule has 2 N–H and O–H groups in total. The first-order valence-electron chi connectivity index (χ1n) is 10.2. The Hall–Kier alpha value is -2.34. The van der Waals surface area contributed by atoms with Gasteiger partial charge in [-0.15, -0.1) is 0 Å². The van der Waals surface area contributed by atoms with Crippen LogP contribution in [0.25, 0.3) is 0 Å². The van der Waals surface area contributed by atoms with E-state index in [-0.39, 0.29) is 10.8 Å². The summed E-state index contributed by atoms with van der Waals surface area (Å²) in [6.07, 6.45) is 4.43. The quantitative estimate of drug-likeness (QED) is 0.569. The van der Waals surface area contributed by atoms with Gasteiger partial charge in [-0.2, -0.15) is 0 Å². The lowest BCUT2D eigenvalue weighted by Crippen LogP contribution is -2.29. The lowest BCUT2D eigenvalue weighted by Gasteiger charge is -2.16. The molecule has 1 amide bonds. The summed E-state index contributed by atoms with van der Waals surface area (Å²) in [4.78, 5) is 12.8. The van der Waals surface area contributed by atoms with Crippen LogP contribution in [0.15, 0.2) is 47.4 Å². The molecule has 0 aliphatic heterocycles. The SMILES string of the molecule is CCCC[C@@H](CC)CNC(=O)c1ccc(C)c(NS(=O)(=O)c2ccc(C)cc2)c1. The number of benzene rings is 2. The van der Waals surface area contributed by atoms with Crippen LogP contribution in [0.5, 0.6) is 0 Å². The normalized spacial score (nSPS) is 12.4. The number of carbonyl (C=O) groups excluding carboxylic acids is 1. The van der Waals surface area contributed by atoms with Crippen molar-refractivity contribution in [2.75, 3.05) is 11.3 Å². The molecule has 2 aromatic carbocycles. The van der Waals surface area contributed by atoms with E-state index in [0.29, 0.717) is 23.7 Å². The molecular formula is C23H32N2O3S. The average molecular weight is 417 g/mol. The summed E-state index contributed by atoms with van der Waals surface area (Å²) in [5.41, 5.74) is 2.61. The number of carbonyl (C=O) groups is 1. The smallest absolute Gasteiger partial charge is 0.261 e. The Kier molecular flexibility index (Phi) is 8.26. The van der Waals surface area contributed by atoms with Crippen LogP contribution in [-0.2, 0) is 10.0 Å². The second kappa shape index (κ2) is 10.4. The maximum Gasteiger partial charge on any atom is 0.261 e. The van der Waals surface area contributed by atoms with Gasteiger partial charge in [0.1, 0.15) is 0 Å². The third-order valence-electron chi connectivity index (χ3n) is 5.17. The van der Waals surface area contributed by atoms with Gasteiger partial charge in [0, 0.05) is 12.1 Å². The number of sulfonamides is 1. The summed E-state index contributed by atoms with van der Waals surface area (Å²) < 4.78 is 28.0. The van der Waals surface area contributed by atoms with Crippen LogP contribution in [0.1, 0.15) is 61.0 Å². The largest absolute Gasteiger partial charge is 0.352 e. The van der Waals surface area contributed by atoms with Crippen LogP contribution in [0.2, 0.25) is 0 Å². The lowest BCUT2D eigenvalue weighted by molar-refractivity contribution is 0.0946. The Morgan fingerprint density at radius 3 is 2.34 bits per heavy atom. The minimum atomic E-state index is -3.72. The third kappa shape index (κ3) is 6.60. The molecule has 0 radical (unpaired) electrons. The van der Waals surface area contributed by atoms with Crippen LogP contribution in [0, 0.1) is 19.8 Å². The van der Waals surface area contributed by atoms with E-state index >= 15 is 0 Å². The van der Waals surface area contributed by atoms with Crippen LogP contribution < -0.4 is 10.0 Å². The minimum absolute atomic E-state index is 0.185. The van der Waals surface area contributed by atoms with Crippen molar-refractivity contribution in [3.05, 3.63) is 59.2 Å². The molecule has 0 aromatic heterocycles. The fourth-order valence-corrected chi connectivity index (χ4v) is 4.20. The van der Waals surface area contributed by atoms with Gasteiger partial charge >= 0.3 is 0 Å². The number of unbranched alkanes of at least 4 members (excludes halogenated alkanes) is 1. The lowest BCUT2D eigenvalue weighted by atomic mass is 9.99. The number of anilines is 1. The number of amides is 1. The second-order valence-corrected chi connectivity index (χ2v) is 9.26. The van der Waals surface area contributed by atoms with E-state index in [1.165, 1.54) is 0 Å². The van der Waals surface area contributed by atoms with Crippen molar-refractivity contribution in [1.82, 2.24) is 5.32 Å². The Labute approximate surface area is 175 Å². The van der Waals surface area contributed by atoms with Crippen molar-refractivity contribution in [3.63, 3.8) is 0 Å². The fraction of sp³-hybridized carbons (Fsp3) is 0.435. The predicted molar refractivity (Wildman–Crippen MR) is 119 cm³/mol. The molecule has 29 heavy (non-hydrogen) atoms. The van der Waals surface area contributed by atoms with Crippen molar-refractivity contribution >= 4 is 21.6 Å². The van der Waals surface area contributed by atoms with Crippen molar-refractivity contribution in [2.24, 2.45) is 5.92 Å². The molecule has 2 rings (SSSR count). The predicted octanol–water partition coefficient (Wildman–Crippen LogP) is 5.05. The molecular weight excluding hydrogens is 384 g/mol. The molecule has 5 nitrogen and oxygen atoms in total. The Morgan fingerprint density at radius 1 is 1.03 bits per heavy atom. The fourth-order valence-electron chi connectivity index (χ4n) is 3.08. The Balaban J connectivity index is 2.12. The van der Waals surface area contributed by atoms with Gasteiger partial charge in [0.15, 0.2) is 0 Å². The zero-order chi connectivity index (χ0) is 21.4. The molecule has 0 aliphatic carbocycles. The van der Waals surface area contributed by atoms with E-state index in [2.05, 4.69) is 23.9 Å². The van der Waals surface area contributed by atoms with E-state index < -0.39 is 10.0 Å². The van der Waals surface area contributed by atoms with Gasteiger partial charge in [-0.3, -0.25) is 9.52 Å². The molecule has 0 saturated carbocycles. The van der Waals surface area contributed by atoms with Crippen molar-refractivity contribution < 1.29 is 13.2 Å². The first-order chi connectivity index (χ1) is 13.8. The first kappa shape index (κ1) is 22.9. The highest BCUT2D eigenvalue weighted by Gasteiger charge is 2.17. The van der Waals surface area contributed by atoms with Crippen LogP contribution >= 0.6 is 0 Å². The highest BCUT2D eigenvalue weighted by molar-refractivity contribution is 7.92. The molecule has 0 fully saturated rings. The maximum absolute atomic E-state index is 12.7. The van der Waals surface area contributed by atoms with Gasteiger partial charge in [0.05, 0.1) is 10.6 Å². The number of rotatable bonds is 10. The van der Waals surface area contributed by atoms with Gasteiger partial charge in [-0.05, 0) is 56.0 Å².